The van der Waals surface area contributed by atoms with Crippen molar-refractivity contribution in [2.75, 3.05) is 11.9 Å². The van der Waals surface area contributed by atoms with Crippen LogP contribution in [0.15, 0.2) is 24.3 Å². The molecule has 0 fully saturated rings. The van der Waals surface area contributed by atoms with Crippen molar-refractivity contribution in [2.24, 2.45) is 5.92 Å². The zero-order chi connectivity index (χ0) is 13.0. The Balaban J connectivity index is 1.84. The minimum Gasteiger partial charge on any atom is -0.355 e. The molecule has 2 atom stereocenters. The van der Waals surface area contributed by atoms with Gasteiger partial charge >= 0.3 is 0 Å². The molecule has 1 amide bonds. The second kappa shape index (κ2) is 6.37. The van der Waals surface area contributed by atoms with Crippen molar-refractivity contribution in [1.29, 1.82) is 0 Å². The average Bonchev–Trinajstić information content (AvgIpc) is 2.36. The van der Waals surface area contributed by atoms with Crippen LogP contribution in [-0.4, -0.2) is 17.8 Å². The lowest BCUT2D eigenvalue weighted by Crippen LogP contribution is -2.37. The van der Waals surface area contributed by atoms with Crippen LogP contribution in [0, 0.1) is 5.92 Å². The molecule has 18 heavy (non-hydrogen) atoms. The third kappa shape index (κ3) is 2.94. The summed E-state index contributed by atoms with van der Waals surface area (Å²) < 4.78 is 0. The molecule has 0 radical (unpaired) electrons. The Morgan fingerprint density at radius 2 is 2.28 bits per heavy atom. The monoisotopic (exact) mass is 309 g/mol. The third-order valence-corrected chi connectivity index (χ3v) is 4.29. The number of amides is 1. The lowest BCUT2D eigenvalue weighted by molar-refractivity contribution is -0.123. The van der Waals surface area contributed by atoms with Crippen LogP contribution in [0.3, 0.4) is 0 Å². The number of carbonyl (C=O) groups excluding carboxylic acids is 1. The summed E-state index contributed by atoms with van der Waals surface area (Å²) in [6.07, 6.45) is 3.14. The highest BCUT2D eigenvalue weighted by Gasteiger charge is 2.31. The average molecular weight is 310 g/mol. The number of hydrogen-bond acceptors (Lipinski definition) is 1. The van der Waals surface area contributed by atoms with Crippen molar-refractivity contribution >= 4 is 21.8 Å². The number of benzene rings is 1. The Hall–Kier alpha value is -0.830. The molecule has 0 bridgehead atoms. The number of nitrogens with one attached hydrogen (secondary N) is 1. The van der Waals surface area contributed by atoms with E-state index in [-0.39, 0.29) is 11.8 Å². The maximum Gasteiger partial charge on any atom is 0.227 e. The summed E-state index contributed by atoms with van der Waals surface area (Å²) in [7, 11) is 0. The lowest BCUT2D eigenvalue weighted by Gasteiger charge is -2.29. The number of carbonyl (C=O) groups is 1. The van der Waals surface area contributed by atoms with Gasteiger partial charge in [0.2, 0.25) is 5.91 Å². The first-order valence-corrected chi connectivity index (χ1v) is 7.79. The van der Waals surface area contributed by atoms with Gasteiger partial charge in [-0.15, -0.1) is 0 Å². The number of fused-ring (bicyclic) bond motifs is 1. The van der Waals surface area contributed by atoms with E-state index >= 15 is 0 Å². The minimum absolute atomic E-state index is 0.0858. The van der Waals surface area contributed by atoms with Crippen LogP contribution >= 0.6 is 15.9 Å². The zero-order valence-corrected chi connectivity index (χ0v) is 12.4. The van der Waals surface area contributed by atoms with Gasteiger partial charge in [-0.3, -0.25) is 4.79 Å². The maximum atomic E-state index is 12.1. The fourth-order valence-electron chi connectivity index (χ4n) is 2.47. The Bertz CT molecular complexity index is 419. The van der Waals surface area contributed by atoms with Crippen LogP contribution in [-0.2, 0) is 11.2 Å². The Morgan fingerprint density at radius 1 is 1.50 bits per heavy atom. The van der Waals surface area contributed by atoms with Gasteiger partial charge in [0.05, 0.1) is 5.92 Å². The van der Waals surface area contributed by atoms with Gasteiger partial charge in [-0.2, -0.15) is 0 Å². The van der Waals surface area contributed by atoms with E-state index in [2.05, 4.69) is 40.3 Å². The summed E-state index contributed by atoms with van der Waals surface area (Å²) in [4.78, 5) is 12.1. The van der Waals surface area contributed by atoms with Gasteiger partial charge in [0, 0.05) is 11.9 Å². The van der Waals surface area contributed by atoms with Crippen LogP contribution in [0.2, 0.25) is 0 Å². The van der Waals surface area contributed by atoms with Crippen LogP contribution in [0.5, 0.6) is 0 Å². The Labute approximate surface area is 117 Å². The quantitative estimate of drug-likeness (QED) is 0.803. The van der Waals surface area contributed by atoms with Crippen LogP contribution in [0.1, 0.15) is 36.8 Å². The molecule has 0 aromatic heterocycles. The predicted octanol–water partition coefficient (Wildman–Crippen LogP) is 3.25. The van der Waals surface area contributed by atoms with Crippen LogP contribution in [0.25, 0.3) is 0 Å². The van der Waals surface area contributed by atoms with E-state index in [1.807, 2.05) is 12.1 Å². The van der Waals surface area contributed by atoms with Gasteiger partial charge in [0.15, 0.2) is 0 Å². The second-order valence-electron chi connectivity index (χ2n) is 4.95. The molecule has 0 spiro atoms. The molecule has 2 unspecified atom stereocenters. The van der Waals surface area contributed by atoms with Crippen molar-refractivity contribution < 1.29 is 4.79 Å². The molecule has 2 nitrogen and oxygen atoms in total. The summed E-state index contributed by atoms with van der Waals surface area (Å²) in [6, 6.07) is 8.23. The van der Waals surface area contributed by atoms with E-state index in [1.54, 1.807) is 0 Å². The van der Waals surface area contributed by atoms with Crippen molar-refractivity contribution in [3.63, 3.8) is 0 Å². The molecule has 0 saturated carbocycles. The lowest BCUT2D eigenvalue weighted by atomic mass is 9.77. The molecule has 3 heteroatoms. The summed E-state index contributed by atoms with van der Waals surface area (Å²) in [5.41, 5.74) is 2.54. The summed E-state index contributed by atoms with van der Waals surface area (Å²) in [5, 5.41) is 4.11. The molecule has 1 N–H and O–H groups in total. The molecule has 1 aliphatic carbocycles. The summed E-state index contributed by atoms with van der Waals surface area (Å²) in [5.74, 6) is 0.869. The highest BCUT2D eigenvalue weighted by atomic mass is 79.9. The molecule has 0 saturated heterocycles. The number of halogens is 1. The van der Waals surface area contributed by atoms with Gasteiger partial charge < -0.3 is 5.32 Å². The van der Waals surface area contributed by atoms with Gasteiger partial charge in [-0.1, -0.05) is 53.5 Å². The zero-order valence-electron chi connectivity index (χ0n) is 10.8. The van der Waals surface area contributed by atoms with E-state index in [4.69, 9.17) is 0 Å². The first-order chi connectivity index (χ1) is 8.76. The number of alkyl halides is 1. The molecule has 0 aliphatic heterocycles. The van der Waals surface area contributed by atoms with Crippen molar-refractivity contribution in [1.82, 2.24) is 5.32 Å². The van der Waals surface area contributed by atoms with Gasteiger partial charge in [0.25, 0.3) is 0 Å². The molecule has 1 aromatic carbocycles. The number of hydrogen-bond donors (Lipinski definition) is 1. The van der Waals surface area contributed by atoms with E-state index in [0.29, 0.717) is 5.92 Å². The van der Waals surface area contributed by atoms with Crippen molar-refractivity contribution in [3.05, 3.63) is 35.4 Å². The van der Waals surface area contributed by atoms with Gasteiger partial charge in [-0.25, -0.2) is 0 Å². The highest BCUT2D eigenvalue weighted by Crippen LogP contribution is 2.34. The molecule has 0 heterocycles. The van der Waals surface area contributed by atoms with Gasteiger partial charge in [-0.05, 0) is 29.9 Å². The minimum atomic E-state index is 0.0858. The summed E-state index contributed by atoms with van der Waals surface area (Å²) >= 11 is 3.46. The second-order valence-corrected chi connectivity index (χ2v) is 5.75. The topological polar surface area (TPSA) is 29.1 Å². The molecule has 1 aromatic rings. The fourth-order valence-corrected chi connectivity index (χ4v) is 3.11. The van der Waals surface area contributed by atoms with E-state index < -0.39 is 0 Å². The smallest absolute Gasteiger partial charge is 0.227 e. The molecule has 2 rings (SSSR count). The Morgan fingerprint density at radius 3 is 2.94 bits per heavy atom. The van der Waals surface area contributed by atoms with Crippen molar-refractivity contribution in [3.8, 4) is 0 Å². The standard InChI is InChI=1S/C15H20BrNO/c1-2-11(7-8-16)10-17-15(18)14-9-12-5-3-4-6-13(12)14/h3-6,11,14H,2,7-10H2,1H3,(H,17,18). The fraction of sp³-hybridized carbons (Fsp3) is 0.533. The molecular weight excluding hydrogens is 290 g/mol. The first kappa shape index (κ1) is 13.6. The molecule has 1 aliphatic rings. The normalized spacial score (nSPS) is 18.7. The largest absolute Gasteiger partial charge is 0.355 e. The first-order valence-electron chi connectivity index (χ1n) is 6.67. The van der Waals surface area contributed by atoms with Gasteiger partial charge in [0.1, 0.15) is 0 Å². The predicted molar refractivity (Wildman–Crippen MR) is 78.1 cm³/mol. The number of rotatable bonds is 6. The molecule has 98 valence electrons. The van der Waals surface area contributed by atoms with Crippen LogP contribution < -0.4 is 5.32 Å². The summed E-state index contributed by atoms with van der Waals surface area (Å²) in [6.45, 7) is 2.98. The molecular formula is C15H20BrNO. The third-order valence-electron chi connectivity index (χ3n) is 3.83. The van der Waals surface area contributed by atoms with E-state index in [9.17, 15) is 4.79 Å². The SMILES string of the molecule is CCC(CCBr)CNC(=O)C1Cc2ccccc21. The highest BCUT2D eigenvalue weighted by molar-refractivity contribution is 9.09. The Kier molecular flexibility index (Phi) is 4.81. The van der Waals surface area contributed by atoms with Crippen molar-refractivity contribution in [2.45, 2.75) is 32.1 Å². The van der Waals surface area contributed by atoms with E-state index in [0.717, 1.165) is 31.1 Å². The van der Waals surface area contributed by atoms with Crippen LogP contribution in [0.4, 0.5) is 0 Å². The van der Waals surface area contributed by atoms with E-state index in [1.165, 1.54) is 11.1 Å². The maximum absolute atomic E-state index is 12.1.